The molecule has 3 heteroatoms. The summed E-state index contributed by atoms with van der Waals surface area (Å²) in [7, 11) is 0. The lowest BCUT2D eigenvalue weighted by atomic mass is 9.56. The van der Waals surface area contributed by atoms with E-state index in [-0.39, 0.29) is 11.3 Å². The fraction of sp³-hybridized carbons (Fsp3) is 0.151. The van der Waals surface area contributed by atoms with Gasteiger partial charge in [0.1, 0.15) is 0 Å². The van der Waals surface area contributed by atoms with Crippen LogP contribution >= 0.6 is 0 Å². The van der Waals surface area contributed by atoms with Gasteiger partial charge in [-0.15, -0.1) is 0 Å². The maximum atomic E-state index is 5.17. The number of fused-ring (bicyclic) bond motifs is 6. The van der Waals surface area contributed by atoms with E-state index in [1.54, 1.807) is 0 Å². The molecule has 0 saturated carbocycles. The molecule has 0 N–H and O–H groups in total. The molecule has 1 heterocycles. The van der Waals surface area contributed by atoms with E-state index < -0.39 is 0 Å². The van der Waals surface area contributed by atoms with Gasteiger partial charge < -0.3 is 0 Å². The summed E-state index contributed by atoms with van der Waals surface area (Å²) in [6, 6.07) is 45.5. The Morgan fingerprint density at radius 2 is 1.20 bits per heavy atom. The van der Waals surface area contributed by atoms with Crippen LogP contribution in [0.2, 0.25) is 0 Å². The van der Waals surface area contributed by atoms with Crippen LogP contribution in [-0.4, -0.2) is 15.0 Å². The molecule has 0 spiro atoms. The van der Waals surface area contributed by atoms with Gasteiger partial charge in [-0.2, -0.15) is 0 Å². The van der Waals surface area contributed by atoms with Crippen LogP contribution in [0.1, 0.15) is 60.8 Å². The van der Waals surface area contributed by atoms with Gasteiger partial charge in [-0.3, -0.25) is 0 Å². The highest BCUT2D eigenvalue weighted by Crippen LogP contribution is 2.59. The second-order valence-corrected chi connectivity index (χ2v) is 15.7. The van der Waals surface area contributed by atoms with Gasteiger partial charge in [0.05, 0.1) is 0 Å². The molecule has 0 aliphatic heterocycles. The van der Waals surface area contributed by atoms with Crippen LogP contribution in [0.5, 0.6) is 0 Å². The summed E-state index contributed by atoms with van der Waals surface area (Å²) in [6.07, 6.45) is 23.0. The molecule has 0 saturated heterocycles. The molecule has 0 amide bonds. The fourth-order valence-electron chi connectivity index (χ4n) is 9.31. The molecule has 10 rings (SSSR count). The predicted octanol–water partition coefficient (Wildman–Crippen LogP) is 13.2. The van der Waals surface area contributed by atoms with Crippen molar-refractivity contribution in [1.29, 1.82) is 0 Å². The summed E-state index contributed by atoms with van der Waals surface area (Å²) < 4.78 is 0. The van der Waals surface area contributed by atoms with E-state index in [9.17, 15) is 0 Å². The number of hydrogen-bond acceptors (Lipinski definition) is 3. The largest absolute Gasteiger partial charge is 0.208 e. The third-order valence-electron chi connectivity index (χ3n) is 12.2. The maximum Gasteiger partial charge on any atom is 0.164 e. The van der Waals surface area contributed by atoms with Crippen LogP contribution in [0.15, 0.2) is 188 Å². The normalized spacial score (nSPS) is 22.0. The van der Waals surface area contributed by atoms with E-state index in [4.69, 9.17) is 15.0 Å². The van der Waals surface area contributed by atoms with E-state index in [0.29, 0.717) is 29.3 Å². The monoisotopic (exact) mass is 721 g/mol. The second-order valence-electron chi connectivity index (χ2n) is 15.7. The molecule has 4 unspecified atom stereocenters. The molecule has 270 valence electrons. The molecular weight excluding hydrogens is 679 g/mol. The third kappa shape index (κ3) is 5.95. The zero-order valence-corrected chi connectivity index (χ0v) is 31.8. The van der Waals surface area contributed by atoms with Crippen LogP contribution in [0.4, 0.5) is 0 Å². The minimum atomic E-state index is -0.0736. The molecule has 4 aliphatic carbocycles. The lowest BCUT2D eigenvalue weighted by Crippen LogP contribution is -2.33. The Balaban J connectivity index is 1.06. The lowest BCUT2D eigenvalue weighted by molar-refractivity contribution is 0.444. The van der Waals surface area contributed by atoms with Crippen molar-refractivity contribution in [3.05, 3.63) is 210 Å². The average Bonchev–Trinajstić information content (AvgIpc) is 3.27. The van der Waals surface area contributed by atoms with E-state index >= 15 is 0 Å². The molecule has 4 atom stereocenters. The van der Waals surface area contributed by atoms with Crippen molar-refractivity contribution < 1.29 is 0 Å². The summed E-state index contributed by atoms with van der Waals surface area (Å²) in [5, 5.41) is 0. The first-order chi connectivity index (χ1) is 27.5. The van der Waals surface area contributed by atoms with Gasteiger partial charge in [0.25, 0.3) is 0 Å². The minimum Gasteiger partial charge on any atom is -0.208 e. The number of rotatable bonds is 6. The highest BCUT2D eigenvalue weighted by atomic mass is 15.0. The summed E-state index contributed by atoms with van der Waals surface area (Å²) >= 11 is 0. The van der Waals surface area contributed by atoms with Gasteiger partial charge in [0.2, 0.25) is 0 Å². The van der Waals surface area contributed by atoms with E-state index in [1.807, 2.05) is 18.2 Å². The van der Waals surface area contributed by atoms with Crippen molar-refractivity contribution in [2.24, 2.45) is 11.3 Å². The third-order valence-corrected chi connectivity index (χ3v) is 12.2. The Hall–Kier alpha value is -6.45. The Morgan fingerprint density at radius 3 is 1.95 bits per heavy atom. The van der Waals surface area contributed by atoms with Crippen LogP contribution in [-0.2, 0) is 0 Å². The second kappa shape index (κ2) is 14.0. The zero-order valence-electron chi connectivity index (χ0n) is 31.8. The summed E-state index contributed by atoms with van der Waals surface area (Å²) in [5.41, 5.74) is 14.7. The predicted molar refractivity (Wildman–Crippen MR) is 231 cm³/mol. The first-order valence-corrected chi connectivity index (χ1v) is 19.9. The van der Waals surface area contributed by atoms with Gasteiger partial charge >= 0.3 is 0 Å². The molecule has 4 aliphatic rings. The standard InChI is InChI=1S/C53H43N3/c1-35-31-49-47(44-27-11-12-28-45(44)48-29-13-14-30-53(48,49)2)34-46(35)43-26-10-9-25-42(43)39-22-16-24-41(33-39)52-55-50(37-19-7-4-8-20-37)54-51(56-52)40-23-15-21-38(32-40)36-17-5-3-6-18-36/h3-5,7-17,19-35,46,48H,6,18H2,1-2H3. The number of hydrogen-bond donors (Lipinski definition) is 0. The Labute approximate surface area is 330 Å². The van der Waals surface area contributed by atoms with E-state index in [0.717, 1.165) is 35.1 Å². The van der Waals surface area contributed by atoms with Crippen LogP contribution in [0.3, 0.4) is 0 Å². The topological polar surface area (TPSA) is 38.7 Å². The molecular formula is C53H43N3. The van der Waals surface area contributed by atoms with E-state index in [1.165, 1.54) is 44.5 Å². The quantitative estimate of drug-likeness (QED) is 0.172. The molecule has 6 aromatic rings. The number of aromatic nitrogens is 3. The Morgan fingerprint density at radius 1 is 0.571 bits per heavy atom. The van der Waals surface area contributed by atoms with Crippen LogP contribution < -0.4 is 0 Å². The first kappa shape index (κ1) is 34.1. The highest BCUT2D eigenvalue weighted by Gasteiger charge is 2.45. The molecule has 3 nitrogen and oxygen atoms in total. The molecule has 0 fully saturated rings. The molecule has 56 heavy (non-hydrogen) atoms. The molecule has 0 radical (unpaired) electrons. The Kier molecular flexibility index (Phi) is 8.52. The fourth-order valence-corrected chi connectivity index (χ4v) is 9.31. The van der Waals surface area contributed by atoms with Gasteiger partial charge in [0.15, 0.2) is 17.5 Å². The minimum absolute atomic E-state index is 0.0736. The van der Waals surface area contributed by atoms with Crippen molar-refractivity contribution >= 4 is 11.1 Å². The highest BCUT2D eigenvalue weighted by molar-refractivity contribution is 5.88. The van der Waals surface area contributed by atoms with Crippen LogP contribution in [0.25, 0.3) is 56.4 Å². The first-order valence-electron chi connectivity index (χ1n) is 19.9. The van der Waals surface area contributed by atoms with Gasteiger partial charge in [-0.1, -0.05) is 184 Å². The van der Waals surface area contributed by atoms with Crippen molar-refractivity contribution in [2.75, 3.05) is 0 Å². The summed E-state index contributed by atoms with van der Waals surface area (Å²) in [4.78, 5) is 15.3. The molecule has 5 aromatic carbocycles. The number of allylic oxidation sites excluding steroid dienone is 12. The number of nitrogens with zero attached hydrogens (tertiary/aromatic N) is 3. The van der Waals surface area contributed by atoms with Gasteiger partial charge in [-0.05, 0) is 81.0 Å². The van der Waals surface area contributed by atoms with Gasteiger partial charge in [0, 0.05) is 33.9 Å². The van der Waals surface area contributed by atoms with Crippen molar-refractivity contribution in [1.82, 2.24) is 15.0 Å². The smallest absolute Gasteiger partial charge is 0.164 e. The van der Waals surface area contributed by atoms with Gasteiger partial charge in [-0.25, -0.2) is 15.0 Å². The SMILES string of the molecule is CC1C=C2C(=CC1c1ccccc1-c1cccc(-c3nc(-c4ccccc4)nc(-c4cccc(C5=CC=CCC5)c4)n3)c1)c1ccccc1C1C=CC=CC21C. The average molecular weight is 722 g/mol. The Bertz CT molecular complexity index is 2690. The molecule has 1 aromatic heterocycles. The summed E-state index contributed by atoms with van der Waals surface area (Å²) in [5.74, 6) is 2.86. The molecule has 0 bridgehead atoms. The zero-order chi connectivity index (χ0) is 37.6. The number of benzene rings is 5. The van der Waals surface area contributed by atoms with E-state index in [2.05, 4.69) is 178 Å². The summed E-state index contributed by atoms with van der Waals surface area (Å²) in [6.45, 7) is 4.80. The maximum absolute atomic E-state index is 5.17. The van der Waals surface area contributed by atoms with Crippen molar-refractivity contribution in [3.8, 4) is 45.3 Å². The lowest BCUT2D eigenvalue weighted by Gasteiger charge is -2.47. The van der Waals surface area contributed by atoms with Crippen LogP contribution in [0, 0.1) is 11.3 Å². The van der Waals surface area contributed by atoms with Crippen molar-refractivity contribution in [3.63, 3.8) is 0 Å². The van der Waals surface area contributed by atoms with Crippen molar-refractivity contribution in [2.45, 2.75) is 38.5 Å².